The lowest BCUT2D eigenvalue weighted by Crippen LogP contribution is -2.40. The fourth-order valence-electron chi connectivity index (χ4n) is 14.7. The fourth-order valence-corrected chi connectivity index (χ4v) is 17.7. The van der Waals surface area contributed by atoms with Crippen molar-refractivity contribution in [3.63, 3.8) is 0 Å². The Kier molecular flexibility index (Phi) is 12.0. The second kappa shape index (κ2) is 18.7. The lowest BCUT2D eigenvalue weighted by Gasteiger charge is -2.46. The maximum absolute atomic E-state index is 7.34. The zero-order valence-electron chi connectivity index (χ0n) is 51.3. The van der Waals surface area contributed by atoms with Crippen molar-refractivity contribution >= 4 is 105 Å². The predicted octanol–water partition coefficient (Wildman–Crippen LogP) is 21.1. The molecule has 0 radical (unpaired) electrons. The molecular weight excluding hydrogens is 1050 g/mol. The molecule has 0 aliphatic heterocycles. The molecule has 0 atom stereocenters. The van der Waals surface area contributed by atoms with Gasteiger partial charge in [-0.1, -0.05) is 252 Å². The van der Waals surface area contributed by atoms with Crippen LogP contribution in [0, 0.1) is 0 Å². The minimum atomic E-state index is -1.81. The van der Waals surface area contributed by atoms with Crippen LogP contribution in [0.25, 0.3) is 55.0 Å². The lowest BCUT2D eigenvalue weighted by atomic mass is 9.55. The van der Waals surface area contributed by atoms with Gasteiger partial charge in [-0.15, -0.1) is 0 Å². The first-order valence-corrected chi connectivity index (χ1v) is 37.2. The zero-order chi connectivity index (χ0) is 58.6. The Morgan fingerprint density at radius 1 is 0.333 bits per heavy atom. The third kappa shape index (κ3) is 7.96. The molecule has 0 N–H and O–H groups in total. The number of benzene rings is 10. The highest BCUT2D eigenvalue weighted by Gasteiger charge is 2.54. The van der Waals surface area contributed by atoms with Crippen LogP contribution in [0.15, 0.2) is 215 Å². The smallest absolute Gasteiger partial charge is 0.159 e. The molecule has 4 nitrogen and oxygen atoms in total. The van der Waals surface area contributed by atoms with Gasteiger partial charge >= 0.3 is 0 Å². The summed E-state index contributed by atoms with van der Waals surface area (Å²) in [6, 6.07) is 78.3. The average molecular weight is 1130 g/mol. The standard InChI is InChI=1S/C78H76N2O2Si2/c1-75(2,3)63-35-19-21-37-65(63)79(67-39-23-27-51-53-29-25-41-69(83(9,10)11)73(53)81-71(51)67)49-43-45-57-55(47-49)56-48-50(44-46-58(56)78(57)61-33-17-15-31-59(61)77(7,8)60-32-16-18-34-62(60)78)80(66-38-22-20-36-64(66)76(4,5)6)68-40-24-28-52-54-30-26-42-70(84(12,13)14)74(54)82-72(52)68/h15-48H,1-14H3. The molecule has 2 aliphatic rings. The Morgan fingerprint density at radius 2 is 0.667 bits per heavy atom. The first-order valence-electron chi connectivity index (χ1n) is 30.2. The van der Waals surface area contributed by atoms with E-state index in [9.17, 15) is 0 Å². The van der Waals surface area contributed by atoms with Crippen LogP contribution in [-0.2, 0) is 21.7 Å². The van der Waals surface area contributed by atoms with E-state index in [1.54, 1.807) is 0 Å². The SMILES string of the molecule is CC(C)(C)c1ccccc1N(c1ccc2c(c1)-c1cc(N(c3ccccc3C(C)(C)C)c3cccc4c3oc3c([Si](C)(C)C)cccc34)ccc1C21c2ccccc2C(C)(C)c2ccccc21)c1cccc2c1oc1c([Si](C)(C)C)cccc12. The van der Waals surface area contributed by atoms with Crippen molar-refractivity contribution in [2.24, 2.45) is 0 Å². The first kappa shape index (κ1) is 53.8. The summed E-state index contributed by atoms with van der Waals surface area (Å²) in [5.74, 6) is 0. The molecule has 0 unspecified atom stereocenters. The van der Waals surface area contributed by atoms with Crippen molar-refractivity contribution in [2.45, 2.75) is 116 Å². The van der Waals surface area contributed by atoms with E-state index in [1.165, 1.54) is 66.0 Å². The normalized spacial score (nSPS) is 14.5. The summed E-state index contributed by atoms with van der Waals surface area (Å²) in [6.45, 7) is 33.3. The van der Waals surface area contributed by atoms with E-state index in [0.717, 1.165) is 78.0 Å². The van der Waals surface area contributed by atoms with Crippen molar-refractivity contribution in [1.82, 2.24) is 0 Å². The van der Waals surface area contributed by atoms with E-state index >= 15 is 0 Å². The third-order valence-electron chi connectivity index (χ3n) is 18.6. The summed E-state index contributed by atoms with van der Waals surface area (Å²) in [5.41, 5.74) is 21.8. The number of fused-ring (bicyclic) bond motifs is 15. The van der Waals surface area contributed by atoms with Crippen LogP contribution in [0.5, 0.6) is 0 Å². The topological polar surface area (TPSA) is 32.8 Å². The lowest BCUT2D eigenvalue weighted by molar-refractivity contribution is 0.563. The van der Waals surface area contributed by atoms with Gasteiger partial charge < -0.3 is 18.6 Å². The Labute approximate surface area is 498 Å². The molecule has 84 heavy (non-hydrogen) atoms. The summed E-state index contributed by atoms with van der Waals surface area (Å²) >= 11 is 0. The van der Waals surface area contributed by atoms with Gasteiger partial charge in [0.1, 0.15) is 11.2 Å². The Morgan fingerprint density at radius 3 is 1.05 bits per heavy atom. The zero-order valence-corrected chi connectivity index (χ0v) is 53.3. The van der Waals surface area contributed by atoms with Crippen LogP contribution in [0.4, 0.5) is 34.1 Å². The largest absolute Gasteiger partial charge is 0.454 e. The molecule has 6 heteroatoms. The number of para-hydroxylation sites is 6. The van der Waals surface area contributed by atoms with Crippen LogP contribution in [0.1, 0.15) is 99.9 Å². The molecule has 2 aromatic heterocycles. The number of hydrogen-bond acceptors (Lipinski definition) is 4. The molecule has 418 valence electrons. The monoisotopic (exact) mass is 1130 g/mol. The van der Waals surface area contributed by atoms with Crippen molar-refractivity contribution in [3.8, 4) is 11.1 Å². The maximum atomic E-state index is 7.34. The highest BCUT2D eigenvalue weighted by atomic mass is 28.3. The number of furan rings is 2. The highest BCUT2D eigenvalue weighted by Crippen LogP contribution is 2.64. The molecule has 10 aromatic carbocycles. The number of rotatable bonds is 8. The van der Waals surface area contributed by atoms with Gasteiger partial charge in [0.25, 0.3) is 0 Å². The fraction of sp³-hybridized carbons (Fsp3) is 0.231. The van der Waals surface area contributed by atoms with Gasteiger partial charge in [-0.25, -0.2) is 0 Å². The maximum Gasteiger partial charge on any atom is 0.159 e. The Bertz CT molecular complexity index is 4370. The van der Waals surface area contributed by atoms with Gasteiger partial charge in [0.05, 0.1) is 32.9 Å². The van der Waals surface area contributed by atoms with Crippen LogP contribution in [0.3, 0.4) is 0 Å². The van der Waals surface area contributed by atoms with Gasteiger partial charge in [-0.3, -0.25) is 0 Å². The molecule has 0 saturated heterocycles. The van der Waals surface area contributed by atoms with Gasteiger partial charge in [0.2, 0.25) is 0 Å². The summed E-state index contributed by atoms with van der Waals surface area (Å²) in [7, 11) is -3.61. The van der Waals surface area contributed by atoms with E-state index in [4.69, 9.17) is 8.83 Å². The number of anilines is 6. The second-order valence-corrected chi connectivity index (χ2v) is 38.6. The molecule has 0 fully saturated rings. The summed E-state index contributed by atoms with van der Waals surface area (Å²) in [5, 5.41) is 7.25. The van der Waals surface area contributed by atoms with Crippen molar-refractivity contribution in [1.29, 1.82) is 0 Å². The van der Waals surface area contributed by atoms with E-state index in [1.807, 2.05) is 0 Å². The molecule has 14 rings (SSSR count). The molecule has 12 aromatic rings. The number of nitrogens with zero attached hydrogens (tertiary/aromatic N) is 2. The van der Waals surface area contributed by atoms with Gasteiger partial charge in [-0.05, 0) is 125 Å². The Hall–Kier alpha value is -8.17. The van der Waals surface area contributed by atoms with Crippen molar-refractivity contribution in [2.75, 3.05) is 9.80 Å². The van der Waals surface area contributed by atoms with E-state index < -0.39 is 21.6 Å². The van der Waals surface area contributed by atoms with Gasteiger partial charge in [0, 0.05) is 49.7 Å². The van der Waals surface area contributed by atoms with Crippen LogP contribution >= 0.6 is 0 Å². The minimum Gasteiger partial charge on any atom is -0.454 e. The molecule has 0 saturated carbocycles. The summed E-state index contributed by atoms with van der Waals surface area (Å²) in [6.07, 6.45) is 0. The second-order valence-electron chi connectivity index (χ2n) is 28.5. The van der Waals surface area contributed by atoms with Crippen molar-refractivity contribution in [3.05, 3.63) is 251 Å². The predicted molar refractivity (Wildman–Crippen MR) is 363 cm³/mol. The van der Waals surface area contributed by atoms with E-state index in [0.29, 0.717) is 0 Å². The van der Waals surface area contributed by atoms with Crippen molar-refractivity contribution < 1.29 is 8.83 Å². The van der Waals surface area contributed by atoms with Gasteiger partial charge in [0.15, 0.2) is 11.2 Å². The van der Waals surface area contributed by atoms with Crippen LogP contribution in [0.2, 0.25) is 39.3 Å². The molecule has 0 amide bonds. The molecule has 1 spiro atoms. The third-order valence-corrected chi connectivity index (χ3v) is 22.7. The molecule has 2 heterocycles. The Balaban J connectivity index is 1.09. The molecule has 0 bridgehead atoms. The summed E-state index contributed by atoms with van der Waals surface area (Å²) < 4.78 is 14.7. The van der Waals surface area contributed by atoms with E-state index in [2.05, 4.69) is 311 Å². The average Bonchev–Trinajstić information content (AvgIpc) is 1.42. The quantitative estimate of drug-likeness (QED) is 0.142. The van der Waals surface area contributed by atoms with E-state index in [-0.39, 0.29) is 16.2 Å². The van der Waals surface area contributed by atoms with Crippen LogP contribution in [-0.4, -0.2) is 16.1 Å². The summed E-state index contributed by atoms with van der Waals surface area (Å²) in [4.78, 5) is 5.01. The first-order chi connectivity index (χ1) is 40.0. The van der Waals surface area contributed by atoms with Crippen LogP contribution < -0.4 is 20.2 Å². The molecular formula is C78H76N2O2Si2. The number of hydrogen-bond donors (Lipinski definition) is 0. The minimum absolute atomic E-state index is 0.183. The highest BCUT2D eigenvalue weighted by molar-refractivity contribution is 6.90. The van der Waals surface area contributed by atoms with Gasteiger partial charge in [-0.2, -0.15) is 0 Å². The molecule has 2 aliphatic carbocycles.